The minimum Gasteiger partial charge on any atom is -0.462 e. The molecule has 0 aromatic heterocycles. The Balaban J connectivity index is 1.63. The maximum Gasteiger partial charge on any atom is 0.329 e. The molecule has 2 atom stereocenters. The number of amides is 3. The largest absolute Gasteiger partial charge is 0.462 e. The quantitative estimate of drug-likeness (QED) is 0.522. The normalized spacial score (nSPS) is 19.9. The van der Waals surface area contributed by atoms with Crippen molar-refractivity contribution >= 4 is 17.9 Å². The van der Waals surface area contributed by atoms with Gasteiger partial charge < -0.3 is 20.7 Å². The van der Waals surface area contributed by atoms with Crippen LogP contribution in [-0.4, -0.2) is 30.6 Å². The molecule has 7 heteroatoms. The van der Waals surface area contributed by atoms with E-state index in [1.54, 1.807) is 6.08 Å². The third-order valence-electron chi connectivity index (χ3n) is 4.89. The molecule has 3 N–H and O–H groups in total. The summed E-state index contributed by atoms with van der Waals surface area (Å²) in [7, 11) is 0. The fourth-order valence-electron chi connectivity index (χ4n) is 3.21. The highest BCUT2D eigenvalue weighted by Crippen LogP contribution is 2.15. The molecule has 0 saturated heterocycles. The Morgan fingerprint density at radius 2 is 1.71 bits per heavy atom. The summed E-state index contributed by atoms with van der Waals surface area (Å²) in [5.41, 5.74) is 1.81. The van der Waals surface area contributed by atoms with Crippen LogP contribution in [-0.2, 0) is 20.9 Å². The van der Waals surface area contributed by atoms with Crippen molar-refractivity contribution in [2.24, 2.45) is 0 Å². The number of benzene rings is 2. The molecule has 3 rings (SSSR count). The summed E-state index contributed by atoms with van der Waals surface area (Å²) >= 11 is 0. The van der Waals surface area contributed by atoms with E-state index in [2.05, 4.69) is 16.0 Å². The Bertz CT molecular complexity index is 900. The molecule has 0 radical (unpaired) electrons. The molecule has 0 bridgehead atoms. The Morgan fingerprint density at radius 1 is 1.00 bits per heavy atom. The van der Waals surface area contributed by atoms with Crippen molar-refractivity contribution in [3.63, 3.8) is 0 Å². The van der Waals surface area contributed by atoms with Crippen LogP contribution < -0.4 is 16.0 Å². The molecule has 31 heavy (non-hydrogen) atoms. The highest BCUT2D eigenvalue weighted by molar-refractivity contribution is 5.84. The lowest BCUT2D eigenvalue weighted by molar-refractivity contribution is -0.147. The van der Waals surface area contributed by atoms with Crippen LogP contribution in [0.5, 0.6) is 0 Å². The van der Waals surface area contributed by atoms with E-state index in [0.717, 1.165) is 11.1 Å². The first-order valence-electron chi connectivity index (χ1n) is 10.4. The molecule has 7 nitrogen and oxygen atoms in total. The maximum atomic E-state index is 12.7. The Labute approximate surface area is 181 Å². The lowest BCUT2D eigenvalue weighted by Gasteiger charge is -2.22. The minimum atomic E-state index is -0.821. The topological polar surface area (TPSA) is 96.5 Å². The average molecular weight is 421 g/mol. The summed E-state index contributed by atoms with van der Waals surface area (Å²) in [6.45, 7) is 0.342. The van der Waals surface area contributed by atoms with Crippen LogP contribution in [0.1, 0.15) is 36.4 Å². The second-order valence-electron chi connectivity index (χ2n) is 7.27. The molecular weight excluding hydrogens is 394 g/mol. The minimum absolute atomic E-state index is 0.0118. The zero-order valence-corrected chi connectivity index (χ0v) is 17.3. The van der Waals surface area contributed by atoms with Crippen molar-refractivity contribution in [3.8, 4) is 0 Å². The van der Waals surface area contributed by atoms with Crippen molar-refractivity contribution < 1.29 is 19.1 Å². The van der Waals surface area contributed by atoms with E-state index < -0.39 is 24.1 Å². The molecule has 1 heterocycles. The summed E-state index contributed by atoms with van der Waals surface area (Å²) in [4.78, 5) is 37.2. The highest BCUT2D eigenvalue weighted by atomic mass is 16.5. The number of cyclic esters (lactones) is 1. The first kappa shape index (κ1) is 22.1. The number of carbonyl (C=O) groups is 3. The smallest absolute Gasteiger partial charge is 0.329 e. The first-order chi connectivity index (χ1) is 15.1. The van der Waals surface area contributed by atoms with Crippen molar-refractivity contribution in [1.29, 1.82) is 0 Å². The fraction of sp³-hybridized carbons (Fsp3) is 0.292. The molecule has 0 fully saturated rings. The summed E-state index contributed by atoms with van der Waals surface area (Å²) in [6, 6.07) is 17.1. The van der Waals surface area contributed by atoms with Crippen LogP contribution in [0.3, 0.4) is 0 Å². The third-order valence-corrected chi connectivity index (χ3v) is 4.89. The SMILES string of the molecule is O=C1CCC=CC[C@@H](NC(=O)NCc2ccccc2)C(=O)OCC(c2ccccc2)N1. The van der Waals surface area contributed by atoms with Gasteiger partial charge in [0.15, 0.2) is 0 Å². The van der Waals surface area contributed by atoms with Gasteiger partial charge in [-0.2, -0.15) is 0 Å². The number of esters is 1. The predicted molar refractivity (Wildman–Crippen MR) is 117 cm³/mol. The number of carbonyl (C=O) groups excluding carboxylic acids is 3. The van der Waals surface area contributed by atoms with Gasteiger partial charge in [-0.05, 0) is 24.0 Å². The van der Waals surface area contributed by atoms with Gasteiger partial charge in [0.25, 0.3) is 0 Å². The molecule has 2 aromatic carbocycles. The molecule has 162 valence electrons. The van der Waals surface area contributed by atoms with E-state index in [1.807, 2.05) is 66.7 Å². The summed E-state index contributed by atoms with van der Waals surface area (Å²) < 4.78 is 5.48. The molecule has 1 aliphatic rings. The van der Waals surface area contributed by atoms with Gasteiger partial charge in [0.05, 0.1) is 6.04 Å². The van der Waals surface area contributed by atoms with Gasteiger partial charge in [0.1, 0.15) is 12.6 Å². The third kappa shape index (κ3) is 7.29. The van der Waals surface area contributed by atoms with Crippen LogP contribution in [0.2, 0.25) is 0 Å². The maximum absolute atomic E-state index is 12.7. The highest BCUT2D eigenvalue weighted by Gasteiger charge is 2.24. The lowest BCUT2D eigenvalue weighted by atomic mass is 10.1. The number of nitrogens with one attached hydrogen (secondary N) is 3. The zero-order chi connectivity index (χ0) is 21.9. The van der Waals surface area contributed by atoms with Crippen molar-refractivity contribution in [1.82, 2.24) is 16.0 Å². The van der Waals surface area contributed by atoms with Crippen LogP contribution >= 0.6 is 0 Å². The monoisotopic (exact) mass is 421 g/mol. The number of ether oxygens (including phenoxy) is 1. The Hall–Kier alpha value is -3.61. The van der Waals surface area contributed by atoms with Crippen LogP contribution in [0.15, 0.2) is 72.8 Å². The molecule has 0 spiro atoms. The second kappa shape index (κ2) is 11.5. The summed E-state index contributed by atoms with van der Waals surface area (Å²) in [6.07, 6.45) is 4.80. The van der Waals surface area contributed by atoms with Crippen LogP contribution in [0.4, 0.5) is 4.79 Å². The summed E-state index contributed by atoms with van der Waals surface area (Å²) in [5, 5.41) is 8.36. The predicted octanol–water partition coefficient (Wildman–Crippen LogP) is 3.00. The van der Waals surface area contributed by atoms with Gasteiger partial charge >= 0.3 is 12.0 Å². The van der Waals surface area contributed by atoms with Crippen molar-refractivity contribution in [3.05, 3.63) is 83.9 Å². The number of urea groups is 1. The van der Waals surface area contributed by atoms with E-state index in [1.165, 1.54) is 0 Å². The van der Waals surface area contributed by atoms with Gasteiger partial charge in [0, 0.05) is 13.0 Å². The molecule has 3 amide bonds. The number of allylic oxidation sites excluding steroid dienone is 1. The van der Waals surface area contributed by atoms with Gasteiger partial charge in [-0.1, -0.05) is 72.8 Å². The van der Waals surface area contributed by atoms with E-state index in [9.17, 15) is 14.4 Å². The number of rotatable bonds is 4. The first-order valence-corrected chi connectivity index (χ1v) is 10.4. The van der Waals surface area contributed by atoms with E-state index in [0.29, 0.717) is 19.4 Å². The number of hydrogen-bond donors (Lipinski definition) is 3. The second-order valence-corrected chi connectivity index (χ2v) is 7.27. The fourth-order valence-corrected chi connectivity index (χ4v) is 3.21. The molecular formula is C24H27N3O4. The molecule has 0 aliphatic carbocycles. The van der Waals surface area contributed by atoms with Gasteiger partial charge in [-0.3, -0.25) is 4.79 Å². The number of hydrogen-bond acceptors (Lipinski definition) is 4. The van der Waals surface area contributed by atoms with E-state index in [-0.39, 0.29) is 18.9 Å². The summed E-state index contributed by atoms with van der Waals surface area (Å²) in [5.74, 6) is -0.652. The molecule has 1 aliphatic heterocycles. The van der Waals surface area contributed by atoms with Crippen LogP contribution in [0.25, 0.3) is 0 Å². The van der Waals surface area contributed by atoms with Crippen molar-refractivity contribution in [2.45, 2.75) is 37.9 Å². The van der Waals surface area contributed by atoms with E-state index >= 15 is 0 Å². The van der Waals surface area contributed by atoms with Gasteiger partial charge in [0.2, 0.25) is 5.91 Å². The molecule has 0 saturated carbocycles. The Kier molecular flexibility index (Phi) is 8.22. The average Bonchev–Trinajstić information content (AvgIpc) is 2.79. The lowest BCUT2D eigenvalue weighted by Crippen LogP contribution is -2.46. The molecule has 2 aromatic rings. The Morgan fingerprint density at radius 3 is 2.45 bits per heavy atom. The molecule has 1 unspecified atom stereocenters. The van der Waals surface area contributed by atoms with Crippen LogP contribution in [0, 0.1) is 0 Å². The standard InChI is InChI=1S/C24H27N3O4/c28-22-15-9-3-8-14-20(27-24(30)25-16-18-10-4-1-5-11-18)23(29)31-17-21(26-22)19-12-6-2-7-13-19/h1-8,10-13,20-21H,9,14-17H2,(H,26,28)(H2,25,27,30)/t20-,21?/m1/s1. The van der Waals surface area contributed by atoms with Gasteiger partial charge in [-0.25, -0.2) is 9.59 Å². The zero-order valence-electron chi connectivity index (χ0n) is 17.3. The van der Waals surface area contributed by atoms with Gasteiger partial charge in [-0.15, -0.1) is 0 Å². The van der Waals surface area contributed by atoms with Crippen molar-refractivity contribution in [2.75, 3.05) is 6.61 Å². The van der Waals surface area contributed by atoms with E-state index in [4.69, 9.17) is 4.74 Å².